The predicted molar refractivity (Wildman–Crippen MR) is 130 cm³/mol. The number of hydrogen-bond donors (Lipinski definition) is 2. The van der Waals surface area contributed by atoms with E-state index in [1.807, 2.05) is 24.6 Å². The van der Waals surface area contributed by atoms with Gasteiger partial charge in [-0.05, 0) is 69.7 Å². The van der Waals surface area contributed by atoms with Crippen molar-refractivity contribution in [2.75, 3.05) is 5.32 Å². The molecule has 2 N–H and O–H groups in total. The van der Waals surface area contributed by atoms with Gasteiger partial charge in [0.25, 0.3) is 0 Å². The summed E-state index contributed by atoms with van der Waals surface area (Å²) in [6, 6.07) is 7.96. The van der Waals surface area contributed by atoms with Gasteiger partial charge in [-0.2, -0.15) is 10.2 Å². The summed E-state index contributed by atoms with van der Waals surface area (Å²) < 4.78 is 17.1. The number of hydrogen-bond acceptors (Lipinski definition) is 6. The molecule has 3 aromatic heterocycles. The molecule has 35 heavy (non-hydrogen) atoms. The van der Waals surface area contributed by atoms with E-state index in [2.05, 4.69) is 20.4 Å². The van der Waals surface area contributed by atoms with E-state index >= 15 is 0 Å². The van der Waals surface area contributed by atoms with E-state index in [1.54, 1.807) is 16.8 Å². The molecule has 0 spiro atoms. The Balaban J connectivity index is 1.37. The average molecular weight is 494 g/mol. The summed E-state index contributed by atoms with van der Waals surface area (Å²) in [5, 5.41) is 23.9. The monoisotopic (exact) mass is 493 g/mol. The highest BCUT2D eigenvalue weighted by atomic mass is 35.5. The molecule has 1 atom stereocenters. The number of nitrogens with zero attached hydrogens (tertiary/aromatic N) is 6. The van der Waals surface area contributed by atoms with Gasteiger partial charge in [0.05, 0.1) is 17.0 Å². The number of aliphatic hydroxyl groups is 1. The van der Waals surface area contributed by atoms with Crippen LogP contribution in [-0.2, 0) is 18.6 Å². The van der Waals surface area contributed by atoms with Gasteiger partial charge in [-0.1, -0.05) is 11.6 Å². The van der Waals surface area contributed by atoms with Crippen LogP contribution in [0.15, 0.2) is 36.7 Å². The Morgan fingerprint density at radius 2 is 1.97 bits per heavy atom. The number of fused-ring (bicyclic) bond motifs is 1. The molecule has 1 unspecified atom stereocenters. The number of benzene rings is 1. The summed E-state index contributed by atoms with van der Waals surface area (Å²) in [6.07, 6.45) is 5.17. The third kappa shape index (κ3) is 3.98. The first kappa shape index (κ1) is 22.2. The van der Waals surface area contributed by atoms with Crippen molar-refractivity contribution < 1.29 is 9.50 Å². The van der Waals surface area contributed by atoms with Gasteiger partial charge in [0.15, 0.2) is 5.82 Å². The largest absolute Gasteiger partial charge is 0.385 e. The maximum atomic E-state index is 13.5. The fourth-order valence-electron chi connectivity index (χ4n) is 4.86. The molecule has 1 aromatic carbocycles. The quantitative estimate of drug-likeness (QED) is 0.395. The minimum absolute atomic E-state index is 0.309. The summed E-state index contributed by atoms with van der Waals surface area (Å²) in [7, 11) is 0. The first-order chi connectivity index (χ1) is 16.8. The summed E-state index contributed by atoms with van der Waals surface area (Å²) in [5.74, 6) is 2.04. The van der Waals surface area contributed by atoms with Crippen molar-refractivity contribution in [2.45, 2.75) is 51.7 Å². The van der Waals surface area contributed by atoms with E-state index in [0.717, 1.165) is 48.3 Å². The number of aryl methyl sites for hydroxylation is 1. The van der Waals surface area contributed by atoms with Crippen molar-refractivity contribution in [3.05, 3.63) is 64.5 Å². The molecule has 8 nitrogen and oxygen atoms in total. The molecular formula is C25H25ClFN7O. The number of rotatable bonds is 6. The highest BCUT2D eigenvalue weighted by molar-refractivity contribution is 6.35. The van der Waals surface area contributed by atoms with Gasteiger partial charge in [-0.3, -0.25) is 0 Å². The second kappa shape index (κ2) is 8.13. The molecule has 1 saturated carbocycles. The minimum atomic E-state index is -0.884. The highest BCUT2D eigenvalue weighted by Gasteiger charge is 2.38. The van der Waals surface area contributed by atoms with Gasteiger partial charge in [-0.25, -0.2) is 23.7 Å². The Bertz CT molecular complexity index is 1420. The molecule has 0 amide bonds. The SMILES string of the molecule is Cc1nn(-c2cc(Nc3c(Cl)c(-c4ccc(F)cc4)nn3CC3CC3)ncn2)c2c1C(C)(O)CC2. The van der Waals surface area contributed by atoms with E-state index in [4.69, 9.17) is 16.7 Å². The second-order valence-corrected chi connectivity index (χ2v) is 10.0. The van der Waals surface area contributed by atoms with Crippen molar-refractivity contribution in [1.82, 2.24) is 29.5 Å². The molecule has 180 valence electrons. The standard InChI is InChI=1S/C25H25ClFN7O/c1-14-21-18(9-10-25(21,2)35)34(31-14)20-11-19(28-13-29-20)30-24-22(26)23(16-5-7-17(27)8-6-16)32-33(24)12-15-3-4-15/h5-8,11,13,15,35H,3-4,9-10,12H2,1-2H3,(H,28,29,30). The molecule has 3 heterocycles. The first-order valence-corrected chi connectivity index (χ1v) is 12.1. The fraction of sp³-hybridized carbons (Fsp3) is 0.360. The van der Waals surface area contributed by atoms with Crippen molar-refractivity contribution in [3.63, 3.8) is 0 Å². The van der Waals surface area contributed by atoms with Crippen LogP contribution in [0.1, 0.15) is 43.1 Å². The first-order valence-electron chi connectivity index (χ1n) is 11.7. The van der Waals surface area contributed by atoms with E-state index in [9.17, 15) is 9.50 Å². The van der Waals surface area contributed by atoms with Crippen LogP contribution >= 0.6 is 11.6 Å². The molecule has 6 rings (SSSR count). The van der Waals surface area contributed by atoms with Crippen molar-refractivity contribution in [1.29, 1.82) is 0 Å². The molecule has 0 aliphatic heterocycles. The predicted octanol–water partition coefficient (Wildman–Crippen LogP) is 4.93. The molecule has 1 fully saturated rings. The maximum Gasteiger partial charge on any atom is 0.159 e. The zero-order valence-electron chi connectivity index (χ0n) is 19.5. The third-order valence-corrected chi connectivity index (χ3v) is 7.16. The molecule has 10 heteroatoms. The van der Waals surface area contributed by atoms with Crippen LogP contribution in [0.3, 0.4) is 0 Å². The third-order valence-electron chi connectivity index (χ3n) is 6.80. The van der Waals surface area contributed by atoms with Crippen LogP contribution in [0.2, 0.25) is 5.02 Å². The van der Waals surface area contributed by atoms with Crippen LogP contribution in [0.4, 0.5) is 16.0 Å². The lowest BCUT2D eigenvalue weighted by atomic mass is 9.99. The lowest BCUT2D eigenvalue weighted by Gasteiger charge is -2.15. The average Bonchev–Trinajstić information content (AvgIpc) is 3.40. The van der Waals surface area contributed by atoms with Crippen LogP contribution in [0.5, 0.6) is 0 Å². The molecule has 0 saturated heterocycles. The van der Waals surface area contributed by atoms with Gasteiger partial charge in [0.1, 0.15) is 34.5 Å². The molecule has 0 bridgehead atoms. The van der Waals surface area contributed by atoms with Gasteiger partial charge in [-0.15, -0.1) is 0 Å². The molecule has 4 aromatic rings. The zero-order chi connectivity index (χ0) is 24.3. The Labute approximate surface area is 206 Å². The van der Waals surface area contributed by atoms with Gasteiger partial charge in [0, 0.05) is 23.7 Å². The normalized spacial score (nSPS) is 19.2. The van der Waals surface area contributed by atoms with E-state index < -0.39 is 5.60 Å². The van der Waals surface area contributed by atoms with Crippen LogP contribution in [0, 0.1) is 18.7 Å². The number of anilines is 2. The highest BCUT2D eigenvalue weighted by Crippen LogP contribution is 2.40. The van der Waals surface area contributed by atoms with Gasteiger partial charge < -0.3 is 10.4 Å². The lowest BCUT2D eigenvalue weighted by molar-refractivity contribution is 0.0586. The number of halogens is 2. The Morgan fingerprint density at radius 1 is 1.20 bits per heavy atom. The number of aromatic nitrogens is 6. The smallest absolute Gasteiger partial charge is 0.159 e. The molecule has 2 aliphatic carbocycles. The minimum Gasteiger partial charge on any atom is -0.385 e. The van der Waals surface area contributed by atoms with E-state index in [1.165, 1.54) is 18.5 Å². The lowest BCUT2D eigenvalue weighted by Crippen LogP contribution is -2.17. The summed E-state index contributed by atoms with van der Waals surface area (Å²) >= 11 is 6.80. The zero-order valence-corrected chi connectivity index (χ0v) is 20.2. The molecule has 2 aliphatic rings. The van der Waals surface area contributed by atoms with Crippen molar-refractivity contribution >= 4 is 23.2 Å². The topological polar surface area (TPSA) is 93.7 Å². The van der Waals surface area contributed by atoms with E-state index in [0.29, 0.717) is 40.5 Å². The van der Waals surface area contributed by atoms with E-state index in [-0.39, 0.29) is 5.82 Å². The molecule has 0 radical (unpaired) electrons. The summed E-state index contributed by atoms with van der Waals surface area (Å²) in [4.78, 5) is 8.83. The fourth-order valence-corrected chi connectivity index (χ4v) is 5.16. The van der Waals surface area contributed by atoms with Crippen molar-refractivity contribution in [3.8, 4) is 17.1 Å². The summed E-state index contributed by atoms with van der Waals surface area (Å²) in [6.45, 7) is 4.47. The second-order valence-electron chi connectivity index (χ2n) is 9.62. The van der Waals surface area contributed by atoms with Gasteiger partial charge >= 0.3 is 0 Å². The maximum absolute atomic E-state index is 13.5. The van der Waals surface area contributed by atoms with Crippen LogP contribution < -0.4 is 5.32 Å². The Hall–Kier alpha value is -3.30. The van der Waals surface area contributed by atoms with Gasteiger partial charge in [0.2, 0.25) is 0 Å². The Morgan fingerprint density at radius 3 is 2.71 bits per heavy atom. The van der Waals surface area contributed by atoms with Crippen LogP contribution in [-0.4, -0.2) is 34.6 Å². The number of nitrogens with one attached hydrogen (secondary N) is 1. The van der Waals surface area contributed by atoms with Crippen molar-refractivity contribution in [2.24, 2.45) is 5.92 Å². The van der Waals surface area contributed by atoms with Crippen LogP contribution in [0.25, 0.3) is 17.1 Å². The Kier molecular flexibility index (Phi) is 5.16. The molecular weight excluding hydrogens is 469 g/mol. The summed E-state index contributed by atoms with van der Waals surface area (Å²) in [5.41, 5.74) is 3.09.